The Bertz CT molecular complexity index is 734. The van der Waals surface area contributed by atoms with Gasteiger partial charge in [0.05, 0.1) is 31.6 Å². The van der Waals surface area contributed by atoms with E-state index in [9.17, 15) is 10.1 Å². The second-order valence-corrected chi connectivity index (χ2v) is 6.96. The Morgan fingerprint density at radius 3 is 3.00 bits per heavy atom. The van der Waals surface area contributed by atoms with Crippen molar-refractivity contribution in [1.29, 1.82) is 0 Å². The molecule has 3 rings (SSSR count). The van der Waals surface area contributed by atoms with Gasteiger partial charge in [-0.3, -0.25) is 10.1 Å². The molecule has 1 atom stereocenters. The van der Waals surface area contributed by atoms with Crippen molar-refractivity contribution in [3.63, 3.8) is 0 Å². The lowest BCUT2D eigenvalue weighted by Gasteiger charge is -2.31. The van der Waals surface area contributed by atoms with Crippen molar-refractivity contribution in [3.8, 4) is 0 Å². The van der Waals surface area contributed by atoms with Crippen LogP contribution in [-0.2, 0) is 6.42 Å². The van der Waals surface area contributed by atoms with Crippen LogP contribution in [0.3, 0.4) is 0 Å². The standard InChI is InChI=1S/C14H15ClN4O2S/c1-8-17-11-4-3-5-12(13(11)22-8)18(2)14-10(15)6-9(7-16-14)19(20)21/h6-7,12H,3-5H2,1-2H3. The molecule has 8 heteroatoms. The number of hydrogen-bond donors (Lipinski definition) is 0. The number of pyridine rings is 1. The van der Waals surface area contributed by atoms with Gasteiger partial charge >= 0.3 is 0 Å². The number of aromatic nitrogens is 2. The highest BCUT2D eigenvalue weighted by Crippen LogP contribution is 2.40. The van der Waals surface area contributed by atoms with Crippen LogP contribution in [0.25, 0.3) is 0 Å². The zero-order valence-corrected chi connectivity index (χ0v) is 13.8. The fourth-order valence-electron chi connectivity index (χ4n) is 2.82. The van der Waals surface area contributed by atoms with Gasteiger partial charge in [0.1, 0.15) is 12.0 Å². The van der Waals surface area contributed by atoms with Gasteiger partial charge in [0, 0.05) is 13.1 Å². The van der Waals surface area contributed by atoms with Gasteiger partial charge in [-0.25, -0.2) is 9.97 Å². The van der Waals surface area contributed by atoms with Gasteiger partial charge in [-0.15, -0.1) is 11.3 Å². The first-order chi connectivity index (χ1) is 10.5. The summed E-state index contributed by atoms with van der Waals surface area (Å²) in [7, 11) is 1.93. The first-order valence-corrected chi connectivity index (χ1v) is 8.15. The number of halogens is 1. The van der Waals surface area contributed by atoms with Crippen molar-refractivity contribution in [2.24, 2.45) is 0 Å². The molecule has 0 saturated carbocycles. The van der Waals surface area contributed by atoms with Crippen LogP contribution in [0.15, 0.2) is 12.3 Å². The molecular weight excluding hydrogens is 324 g/mol. The molecule has 116 valence electrons. The van der Waals surface area contributed by atoms with E-state index in [0.29, 0.717) is 10.8 Å². The molecule has 2 heterocycles. The van der Waals surface area contributed by atoms with Gasteiger partial charge in [-0.1, -0.05) is 11.6 Å². The van der Waals surface area contributed by atoms with E-state index in [0.717, 1.165) is 30.0 Å². The zero-order valence-electron chi connectivity index (χ0n) is 12.2. The number of nitrogens with zero attached hydrogens (tertiary/aromatic N) is 4. The Hall–Kier alpha value is -1.73. The van der Waals surface area contributed by atoms with E-state index >= 15 is 0 Å². The first kappa shape index (κ1) is 15.2. The molecule has 0 bridgehead atoms. The monoisotopic (exact) mass is 338 g/mol. The van der Waals surface area contributed by atoms with E-state index in [1.807, 2.05) is 18.9 Å². The van der Waals surface area contributed by atoms with Crippen LogP contribution in [0.2, 0.25) is 5.02 Å². The van der Waals surface area contributed by atoms with Gasteiger partial charge in [0.25, 0.3) is 5.69 Å². The lowest BCUT2D eigenvalue weighted by molar-refractivity contribution is -0.385. The SMILES string of the molecule is Cc1nc2c(s1)C(N(C)c1ncc([N+](=O)[O-])cc1Cl)CCC2. The van der Waals surface area contributed by atoms with Crippen LogP contribution in [0, 0.1) is 17.0 Å². The molecule has 0 amide bonds. The van der Waals surface area contributed by atoms with Crippen molar-refractivity contribution < 1.29 is 4.92 Å². The minimum Gasteiger partial charge on any atom is -0.351 e. The third-order valence-corrected chi connectivity index (χ3v) is 5.24. The molecule has 0 aromatic carbocycles. The minimum atomic E-state index is -0.492. The first-order valence-electron chi connectivity index (χ1n) is 6.96. The largest absolute Gasteiger partial charge is 0.351 e. The summed E-state index contributed by atoms with van der Waals surface area (Å²) in [4.78, 5) is 22.3. The lowest BCUT2D eigenvalue weighted by atomic mass is 9.97. The van der Waals surface area contributed by atoms with Crippen molar-refractivity contribution in [3.05, 3.63) is 43.0 Å². The molecular formula is C14H15ClN4O2S. The van der Waals surface area contributed by atoms with Crippen LogP contribution < -0.4 is 4.90 Å². The van der Waals surface area contributed by atoms with Crippen LogP contribution in [0.5, 0.6) is 0 Å². The third kappa shape index (κ3) is 2.66. The maximum Gasteiger partial charge on any atom is 0.289 e. The summed E-state index contributed by atoms with van der Waals surface area (Å²) in [6.45, 7) is 2.01. The van der Waals surface area contributed by atoms with Gasteiger partial charge in [0.15, 0.2) is 0 Å². The Labute approximate surface area is 136 Å². The predicted molar refractivity (Wildman–Crippen MR) is 86.8 cm³/mol. The maximum absolute atomic E-state index is 10.8. The van der Waals surface area contributed by atoms with E-state index in [4.69, 9.17) is 11.6 Å². The van der Waals surface area contributed by atoms with Crippen LogP contribution in [0.1, 0.15) is 34.5 Å². The second-order valence-electron chi connectivity index (χ2n) is 5.32. The summed E-state index contributed by atoms with van der Waals surface area (Å²) in [5.41, 5.74) is 1.06. The predicted octanol–water partition coefficient (Wildman–Crippen LogP) is 3.92. The molecule has 1 aliphatic rings. The lowest BCUT2D eigenvalue weighted by Crippen LogP contribution is -2.27. The maximum atomic E-state index is 10.8. The van der Waals surface area contributed by atoms with Crippen LogP contribution >= 0.6 is 22.9 Å². The zero-order chi connectivity index (χ0) is 15.9. The van der Waals surface area contributed by atoms with Gasteiger partial charge in [0.2, 0.25) is 0 Å². The molecule has 22 heavy (non-hydrogen) atoms. The summed E-state index contributed by atoms with van der Waals surface area (Å²) in [6.07, 6.45) is 4.32. The topological polar surface area (TPSA) is 72.2 Å². The fraction of sp³-hybridized carbons (Fsp3) is 0.429. The molecule has 2 aromatic heterocycles. The summed E-state index contributed by atoms with van der Waals surface area (Å²) in [5.74, 6) is 0.566. The molecule has 1 unspecified atom stereocenters. The van der Waals surface area contributed by atoms with Gasteiger partial charge < -0.3 is 4.90 Å². The number of fused-ring (bicyclic) bond motifs is 1. The van der Waals surface area contributed by atoms with Crippen molar-refractivity contribution >= 4 is 34.4 Å². The summed E-state index contributed by atoms with van der Waals surface area (Å²) in [6, 6.07) is 1.52. The summed E-state index contributed by atoms with van der Waals surface area (Å²) in [5, 5.41) is 12.1. The molecule has 0 saturated heterocycles. The number of thiazole rings is 1. The van der Waals surface area contributed by atoms with E-state index in [1.165, 1.54) is 17.1 Å². The normalized spacial score (nSPS) is 17.1. The average molecular weight is 339 g/mol. The minimum absolute atomic E-state index is 0.0971. The Balaban J connectivity index is 1.95. The smallest absolute Gasteiger partial charge is 0.289 e. The van der Waals surface area contributed by atoms with E-state index < -0.39 is 4.92 Å². The average Bonchev–Trinajstić information content (AvgIpc) is 2.86. The number of nitro groups is 1. The molecule has 6 nitrogen and oxygen atoms in total. The molecule has 0 spiro atoms. The van der Waals surface area contributed by atoms with Crippen molar-refractivity contribution in [2.45, 2.75) is 32.2 Å². The molecule has 0 aliphatic heterocycles. The number of rotatable bonds is 3. The van der Waals surface area contributed by atoms with E-state index in [2.05, 4.69) is 9.97 Å². The van der Waals surface area contributed by atoms with Gasteiger partial charge in [-0.2, -0.15) is 0 Å². The quantitative estimate of drug-likeness (QED) is 0.626. The van der Waals surface area contributed by atoms with Crippen LogP contribution in [-0.4, -0.2) is 21.9 Å². The summed E-state index contributed by atoms with van der Waals surface area (Å²) < 4.78 is 0. The molecule has 0 fully saturated rings. The van der Waals surface area contributed by atoms with Crippen LogP contribution in [0.4, 0.5) is 11.5 Å². The Morgan fingerprint density at radius 1 is 1.55 bits per heavy atom. The third-order valence-electron chi connectivity index (χ3n) is 3.85. The fourth-order valence-corrected chi connectivity index (χ4v) is 4.26. The molecule has 0 N–H and O–H groups in total. The van der Waals surface area contributed by atoms with E-state index in [-0.39, 0.29) is 11.7 Å². The molecule has 2 aromatic rings. The number of anilines is 1. The highest BCUT2D eigenvalue weighted by Gasteiger charge is 2.29. The van der Waals surface area contributed by atoms with Crippen molar-refractivity contribution in [1.82, 2.24) is 9.97 Å². The highest BCUT2D eigenvalue weighted by atomic mass is 35.5. The molecule has 1 aliphatic carbocycles. The van der Waals surface area contributed by atoms with Gasteiger partial charge in [-0.05, 0) is 26.2 Å². The Kier molecular flexibility index (Phi) is 4.01. The van der Waals surface area contributed by atoms with E-state index in [1.54, 1.807) is 11.3 Å². The Morgan fingerprint density at radius 2 is 2.32 bits per heavy atom. The summed E-state index contributed by atoms with van der Waals surface area (Å²) >= 11 is 7.90. The second kappa shape index (κ2) is 5.81. The number of hydrogen-bond acceptors (Lipinski definition) is 6. The number of aryl methyl sites for hydroxylation is 2. The highest BCUT2D eigenvalue weighted by molar-refractivity contribution is 7.11. The molecule has 0 radical (unpaired) electrons. The van der Waals surface area contributed by atoms with Crippen molar-refractivity contribution in [2.75, 3.05) is 11.9 Å².